The Kier molecular flexibility index (Phi) is 5.15. The van der Waals surface area contributed by atoms with E-state index in [1.165, 1.54) is 6.33 Å². The molecule has 0 amide bonds. The first-order valence-electron chi connectivity index (χ1n) is 5.35. The van der Waals surface area contributed by atoms with Gasteiger partial charge in [-0.05, 0) is 13.8 Å². The molecule has 1 aromatic heterocycles. The van der Waals surface area contributed by atoms with Crippen molar-refractivity contribution in [1.29, 1.82) is 10.5 Å². The van der Waals surface area contributed by atoms with Crippen LogP contribution in [0.25, 0.3) is 0 Å². The molecule has 90 valence electrons. The number of aromatic nitrogens is 2. The predicted octanol–water partition coefficient (Wildman–Crippen LogP) is 1.03. The van der Waals surface area contributed by atoms with Crippen LogP contribution < -0.4 is 0 Å². The number of imidazole rings is 1. The molecule has 0 aliphatic carbocycles. The van der Waals surface area contributed by atoms with Crippen LogP contribution in [0.4, 0.5) is 0 Å². The number of rotatable bonds is 6. The van der Waals surface area contributed by atoms with Gasteiger partial charge in [-0.1, -0.05) is 0 Å². The maximum absolute atomic E-state index is 8.95. The largest absolute Gasteiger partial charge is 0.351 e. The number of hydrogen-bond acceptors (Lipinski definition) is 5. The first kappa shape index (κ1) is 13.2. The van der Waals surface area contributed by atoms with E-state index in [2.05, 4.69) is 4.98 Å². The fourth-order valence-electron chi connectivity index (χ4n) is 1.41. The topological polar surface area (TPSA) is 83.9 Å². The minimum absolute atomic E-state index is 0.124. The van der Waals surface area contributed by atoms with E-state index in [1.54, 1.807) is 4.57 Å². The SMILES string of the molecule is CCOC(Cn1cnc(C#N)c1C#N)OCC. The Balaban J connectivity index is 2.83. The molecule has 0 bridgehead atoms. The van der Waals surface area contributed by atoms with Crippen LogP contribution in [0.3, 0.4) is 0 Å². The molecule has 0 fully saturated rings. The molecule has 6 heteroatoms. The van der Waals surface area contributed by atoms with Crippen molar-refractivity contribution in [2.75, 3.05) is 13.2 Å². The molecule has 0 aliphatic heterocycles. The van der Waals surface area contributed by atoms with Gasteiger partial charge in [-0.25, -0.2) is 4.98 Å². The second-order valence-electron chi connectivity index (χ2n) is 3.16. The molecule has 0 saturated carbocycles. The Morgan fingerprint density at radius 3 is 2.41 bits per heavy atom. The van der Waals surface area contributed by atoms with Gasteiger partial charge < -0.3 is 14.0 Å². The molecular formula is C11H14N4O2. The number of nitriles is 2. The Bertz CT molecular complexity index is 435. The van der Waals surface area contributed by atoms with Crippen molar-refractivity contribution in [3.05, 3.63) is 17.7 Å². The monoisotopic (exact) mass is 234 g/mol. The molecule has 0 aromatic carbocycles. The number of ether oxygens (including phenoxy) is 2. The summed E-state index contributed by atoms with van der Waals surface area (Å²) in [6.07, 6.45) is 1.01. The fourth-order valence-corrected chi connectivity index (χ4v) is 1.41. The van der Waals surface area contributed by atoms with Crippen molar-refractivity contribution >= 4 is 0 Å². The second-order valence-corrected chi connectivity index (χ2v) is 3.16. The second kappa shape index (κ2) is 6.64. The minimum atomic E-state index is -0.433. The molecular weight excluding hydrogens is 220 g/mol. The van der Waals surface area contributed by atoms with Crippen LogP contribution in [0.2, 0.25) is 0 Å². The maximum Gasteiger partial charge on any atom is 0.176 e. The zero-order valence-corrected chi connectivity index (χ0v) is 9.88. The Hall–Kier alpha value is -1.89. The Morgan fingerprint density at radius 2 is 1.94 bits per heavy atom. The zero-order valence-electron chi connectivity index (χ0n) is 9.88. The first-order valence-corrected chi connectivity index (χ1v) is 5.35. The van der Waals surface area contributed by atoms with Crippen LogP contribution in [-0.4, -0.2) is 29.1 Å². The van der Waals surface area contributed by atoms with Gasteiger partial charge in [-0.15, -0.1) is 0 Å². The molecule has 1 rings (SSSR count). The highest BCUT2D eigenvalue weighted by Crippen LogP contribution is 2.08. The van der Waals surface area contributed by atoms with Gasteiger partial charge in [0.05, 0.1) is 12.9 Å². The average molecular weight is 234 g/mol. The average Bonchev–Trinajstić information content (AvgIpc) is 2.71. The van der Waals surface area contributed by atoms with Crippen LogP contribution in [-0.2, 0) is 16.0 Å². The van der Waals surface area contributed by atoms with Gasteiger partial charge in [0.2, 0.25) is 0 Å². The van der Waals surface area contributed by atoms with Crippen molar-refractivity contribution in [2.24, 2.45) is 0 Å². The third-order valence-electron chi connectivity index (χ3n) is 2.10. The molecule has 0 unspecified atom stereocenters. The molecule has 0 aliphatic rings. The lowest BCUT2D eigenvalue weighted by Gasteiger charge is -2.17. The maximum atomic E-state index is 8.95. The highest BCUT2D eigenvalue weighted by Gasteiger charge is 2.15. The van der Waals surface area contributed by atoms with E-state index in [0.29, 0.717) is 19.8 Å². The van der Waals surface area contributed by atoms with Gasteiger partial charge in [0.1, 0.15) is 12.1 Å². The molecule has 17 heavy (non-hydrogen) atoms. The van der Waals surface area contributed by atoms with E-state index < -0.39 is 6.29 Å². The Labute approximate surface area is 100 Å². The van der Waals surface area contributed by atoms with E-state index in [-0.39, 0.29) is 11.4 Å². The third kappa shape index (κ3) is 3.28. The summed E-state index contributed by atoms with van der Waals surface area (Å²) in [7, 11) is 0. The summed E-state index contributed by atoms with van der Waals surface area (Å²) in [5, 5.41) is 17.7. The number of hydrogen-bond donors (Lipinski definition) is 0. The Morgan fingerprint density at radius 1 is 1.29 bits per heavy atom. The lowest BCUT2D eigenvalue weighted by Crippen LogP contribution is -2.24. The molecule has 6 nitrogen and oxygen atoms in total. The summed E-state index contributed by atoms with van der Waals surface area (Å²) in [6, 6.07) is 3.82. The lowest BCUT2D eigenvalue weighted by atomic mass is 10.3. The quantitative estimate of drug-likeness (QED) is 0.686. The van der Waals surface area contributed by atoms with Crippen molar-refractivity contribution in [1.82, 2.24) is 9.55 Å². The van der Waals surface area contributed by atoms with E-state index in [9.17, 15) is 0 Å². The molecule has 0 radical (unpaired) electrons. The van der Waals surface area contributed by atoms with Gasteiger partial charge in [0, 0.05) is 13.2 Å². The van der Waals surface area contributed by atoms with E-state index in [4.69, 9.17) is 20.0 Å². The molecule has 1 aromatic rings. The summed E-state index contributed by atoms with van der Waals surface area (Å²) in [6.45, 7) is 5.12. The summed E-state index contributed by atoms with van der Waals surface area (Å²) < 4.78 is 12.3. The van der Waals surface area contributed by atoms with Crippen LogP contribution in [0.15, 0.2) is 6.33 Å². The predicted molar refractivity (Wildman–Crippen MR) is 58.7 cm³/mol. The molecule has 0 saturated heterocycles. The van der Waals surface area contributed by atoms with Gasteiger partial charge >= 0.3 is 0 Å². The van der Waals surface area contributed by atoms with Crippen LogP contribution >= 0.6 is 0 Å². The molecule has 1 heterocycles. The fraction of sp³-hybridized carbons (Fsp3) is 0.545. The van der Waals surface area contributed by atoms with Gasteiger partial charge in [-0.3, -0.25) is 0 Å². The standard InChI is InChI=1S/C11H14N4O2/c1-3-16-11(17-4-2)7-15-8-14-9(5-12)10(15)6-13/h8,11H,3-4,7H2,1-2H3. The summed E-state index contributed by atoms with van der Waals surface area (Å²) >= 11 is 0. The summed E-state index contributed by atoms with van der Waals surface area (Å²) in [5.74, 6) is 0. The van der Waals surface area contributed by atoms with Crippen molar-refractivity contribution < 1.29 is 9.47 Å². The van der Waals surface area contributed by atoms with Crippen LogP contribution in [0.5, 0.6) is 0 Å². The van der Waals surface area contributed by atoms with Crippen LogP contribution in [0, 0.1) is 22.7 Å². The summed E-state index contributed by atoms with van der Waals surface area (Å²) in [4.78, 5) is 3.85. The lowest BCUT2D eigenvalue weighted by molar-refractivity contribution is -0.143. The molecule has 0 N–H and O–H groups in total. The smallest absolute Gasteiger partial charge is 0.176 e. The van der Waals surface area contributed by atoms with Gasteiger partial charge in [0.25, 0.3) is 0 Å². The third-order valence-corrected chi connectivity index (χ3v) is 2.10. The normalized spacial score (nSPS) is 10.2. The highest BCUT2D eigenvalue weighted by molar-refractivity contribution is 5.35. The highest BCUT2D eigenvalue weighted by atomic mass is 16.7. The zero-order chi connectivity index (χ0) is 12.7. The van der Waals surface area contributed by atoms with E-state index in [1.807, 2.05) is 26.0 Å². The number of nitrogens with zero attached hydrogens (tertiary/aromatic N) is 4. The minimum Gasteiger partial charge on any atom is -0.351 e. The molecule has 0 atom stereocenters. The van der Waals surface area contributed by atoms with Crippen molar-refractivity contribution in [3.8, 4) is 12.1 Å². The van der Waals surface area contributed by atoms with Crippen molar-refractivity contribution in [3.63, 3.8) is 0 Å². The van der Waals surface area contributed by atoms with E-state index in [0.717, 1.165) is 0 Å². The summed E-state index contributed by atoms with van der Waals surface area (Å²) in [5.41, 5.74) is 0.358. The van der Waals surface area contributed by atoms with Gasteiger partial charge in [0.15, 0.2) is 17.7 Å². The molecule has 0 spiro atoms. The van der Waals surface area contributed by atoms with Gasteiger partial charge in [-0.2, -0.15) is 10.5 Å². The van der Waals surface area contributed by atoms with Crippen LogP contribution in [0.1, 0.15) is 25.2 Å². The first-order chi connectivity index (χ1) is 8.26. The van der Waals surface area contributed by atoms with E-state index >= 15 is 0 Å². The van der Waals surface area contributed by atoms with Crippen molar-refractivity contribution in [2.45, 2.75) is 26.7 Å².